The van der Waals surface area contributed by atoms with Crippen molar-refractivity contribution in [3.05, 3.63) is 146 Å². The van der Waals surface area contributed by atoms with Gasteiger partial charge in [0.15, 0.2) is 6.10 Å². The van der Waals surface area contributed by atoms with Gasteiger partial charge in [-0.1, -0.05) is 289 Å². The van der Waals surface area contributed by atoms with E-state index in [0.29, 0.717) is 19.3 Å². The lowest BCUT2D eigenvalue weighted by molar-refractivity contribution is -0.167. The molecule has 1 atom stereocenters. The van der Waals surface area contributed by atoms with Gasteiger partial charge in [0, 0.05) is 19.3 Å². The van der Waals surface area contributed by atoms with Gasteiger partial charge >= 0.3 is 17.9 Å². The number of carbonyl (C=O) groups is 3. The third-order valence-corrected chi connectivity index (χ3v) is 13.3. The van der Waals surface area contributed by atoms with Gasteiger partial charge in [0.1, 0.15) is 13.2 Å². The molecule has 79 heavy (non-hydrogen) atoms. The average molecular weight is 1090 g/mol. The van der Waals surface area contributed by atoms with Crippen molar-refractivity contribution in [1.82, 2.24) is 0 Å². The van der Waals surface area contributed by atoms with Crippen LogP contribution < -0.4 is 0 Å². The predicted octanol–water partition coefficient (Wildman–Crippen LogP) is 22.3. The first-order chi connectivity index (χ1) is 39.0. The number of rotatable bonds is 57. The Morgan fingerprint density at radius 3 is 0.823 bits per heavy atom. The zero-order valence-electron chi connectivity index (χ0n) is 51.1. The third kappa shape index (κ3) is 64.0. The number of carbonyl (C=O) groups excluding carboxylic acids is 3. The summed E-state index contributed by atoms with van der Waals surface area (Å²) in [6.07, 6.45) is 94.3. The molecule has 0 aliphatic rings. The summed E-state index contributed by atoms with van der Waals surface area (Å²) in [5, 5.41) is 0. The lowest BCUT2D eigenvalue weighted by Gasteiger charge is -2.18. The van der Waals surface area contributed by atoms with Crippen molar-refractivity contribution in [2.75, 3.05) is 13.2 Å². The van der Waals surface area contributed by atoms with Gasteiger partial charge in [-0.3, -0.25) is 14.4 Å². The smallest absolute Gasteiger partial charge is 0.306 e. The number of esters is 3. The molecule has 0 radical (unpaired) electrons. The van der Waals surface area contributed by atoms with E-state index in [2.05, 4.69) is 167 Å². The zero-order valence-corrected chi connectivity index (χ0v) is 51.1. The molecule has 0 aromatic rings. The first-order valence-electron chi connectivity index (χ1n) is 32.3. The van der Waals surface area contributed by atoms with E-state index in [1.807, 2.05) is 0 Å². The molecule has 0 saturated heterocycles. The maximum absolute atomic E-state index is 12.9. The molecule has 0 aliphatic heterocycles. The lowest BCUT2D eigenvalue weighted by Crippen LogP contribution is -2.30. The highest BCUT2D eigenvalue weighted by molar-refractivity contribution is 5.71. The van der Waals surface area contributed by atoms with Crippen LogP contribution in [0.3, 0.4) is 0 Å². The molecule has 0 bridgehead atoms. The second kappa shape index (κ2) is 65.8. The Morgan fingerprint density at radius 1 is 0.266 bits per heavy atom. The summed E-state index contributed by atoms with van der Waals surface area (Å²) in [7, 11) is 0. The van der Waals surface area contributed by atoms with E-state index in [1.165, 1.54) is 103 Å². The summed E-state index contributed by atoms with van der Waals surface area (Å²) in [6, 6.07) is 0. The summed E-state index contributed by atoms with van der Waals surface area (Å²) in [5.74, 6) is -1.00. The van der Waals surface area contributed by atoms with Crippen LogP contribution in [0.25, 0.3) is 0 Å². The molecule has 0 N–H and O–H groups in total. The summed E-state index contributed by atoms with van der Waals surface area (Å²) in [4.78, 5) is 38.3. The van der Waals surface area contributed by atoms with Gasteiger partial charge in [0.05, 0.1) is 0 Å². The maximum atomic E-state index is 12.9. The minimum absolute atomic E-state index is 0.113. The van der Waals surface area contributed by atoms with Crippen LogP contribution in [0, 0.1) is 0 Å². The zero-order chi connectivity index (χ0) is 57.1. The Balaban J connectivity index is 4.55. The fourth-order valence-corrected chi connectivity index (χ4v) is 8.58. The SMILES string of the molecule is CC/C=C\C/C=C\C/C=C\C/C=C\C/C=C\C/C=C\C/C=C\CCCC(=O)OCC(COC(=O)CCCCCCCCCCCCCCCCCCCCC)OC(=O)CCCCC/C=C\C/C=C\C/C=C\C/C=C\C/C=C\CC. The van der Waals surface area contributed by atoms with Gasteiger partial charge in [-0.25, -0.2) is 0 Å². The molecule has 446 valence electrons. The number of hydrogen-bond donors (Lipinski definition) is 0. The summed E-state index contributed by atoms with van der Waals surface area (Å²) in [5.41, 5.74) is 0. The lowest BCUT2D eigenvalue weighted by atomic mass is 10.0. The largest absolute Gasteiger partial charge is 0.462 e. The molecule has 0 aromatic carbocycles. The second-order valence-corrected chi connectivity index (χ2v) is 20.9. The van der Waals surface area contributed by atoms with Crippen LogP contribution in [-0.4, -0.2) is 37.2 Å². The molecule has 0 aromatic heterocycles. The minimum atomic E-state index is -0.826. The van der Waals surface area contributed by atoms with E-state index in [-0.39, 0.29) is 44.0 Å². The van der Waals surface area contributed by atoms with Crippen LogP contribution in [0.1, 0.15) is 278 Å². The van der Waals surface area contributed by atoms with Crippen molar-refractivity contribution in [3.63, 3.8) is 0 Å². The number of ether oxygens (including phenoxy) is 3. The van der Waals surface area contributed by atoms with E-state index in [4.69, 9.17) is 14.2 Å². The molecule has 0 aliphatic carbocycles. The molecule has 0 saturated carbocycles. The number of unbranched alkanes of at least 4 members (excludes halogenated alkanes) is 22. The van der Waals surface area contributed by atoms with Gasteiger partial charge in [0.2, 0.25) is 0 Å². The molecule has 0 amide bonds. The summed E-state index contributed by atoms with van der Waals surface area (Å²) in [6.45, 7) is 6.35. The summed E-state index contributed by atoms with van der Waals surface area (Å²) < 4.78 is 16.9. The van der Waals surface area contributed by atoms with Gasteiger partial charge in [0.25, 0.3) is 0 Å². The van der Waals surface area contributed by atoms with Crippen molar-refractivity contribution < 1.29 is 28.6 Å². The molecular formula is C73H118O6. The van der Waals surface area contributed by atoms with Crippen molar-refractivity contribution >= 4 is 17.9 Å². The Hall–Kier alpha value is -4.71. The molecule has 0 fully saturated rings. The van der Waals surface area contributed by atoms with Crippen LogP contribution in [0.4, 0.5) is 0 Å². The maximum Gasteiger partial charge on any atom is 0.306 e. The minimum Gasteiger partial charge on any atom is -0.462 e. The second-order valence-electron chi connectivity index (χ2n) is 20.9. The first kappa shape index (κ1) is 74.3. The highest BCUT2D eigenvalue weighted by Crippen LogP contribution is 2.16. The van der Waals surface area contributed by atoms with Gasteiger partial charge < -0.3 is 14.2 Å². The molecule has 1 unspecified atom stereocenters. The van der Waals surface area contributed by atoms with Crippen molar-refractivity contribution in [3.8, 4) is 0 Å². The normalized spacial score (nSPS) is 13.1. The standard InChI is InChI=1S/C73H118O6/c1-4-7-10-13-16-19-22-25-28-31-34-35-36-37-40-42-45-48-51-54-57-60-63-66-72(75)78-69-70(79-73(76)67-64-61-58-55-52-49-46-43-39-33-30-27-24-21-18-15-12-9-6-3)68-77-71(74)65-62-59-56-53-50-47-44-41-38-32-29-26-23-20-17-14-11-8-5-2/h7,9-10,12,16,18-19,21,25,27-28,30,34-35,37,39-40,43,45,48-49,52,54,57,70H,4-6,8,11,13-15,17,20,22-24,26,29,31-33,36,38,41-42,44,46-47,50-51,53,55-56,58-69H2,1-3H3/b10-7-,12-9-,19-16-,21-18-,28-25-,30-27-,35-34-,40-37-,43-39-,48-45-,52-49-,57-54-. The fraction of sp³-hybridized carbons (Fsp3) is 0.630. The van der Waals surface area contributed by atoms with Crippen LogP contribution in [0.5, 0.6) is 0 Å². The fourth-order valence-electron chi connectivity index (χ4n) is 8.58. The van der Waals surface area contributed by atoms with E-state index in [0.717, 1.165) is 122 Å². The quantitative estimate of drug-likeness (QED) is 0.0261. The van der Waals surface area contributed by atoms with Crippen molar-refractivity contribution in [2.45, 2.75) is 284 Å². The van der Waals surface area contributed by atoms with E-state index < -0.39 is 6.10 Å². The molecule has 6 nitrogen and oxygen atoms in total. The van der Waals surface area contributed by atoms with Crippen LogP contribution in [0.2, 0.25) is 0 Å². The summed E-state index contributed by atoms with van der Waals surface area (Å²) >= 11 is 0. The predicted molar refractivity (Wildman–Crippen MR) is 343 cm³/mol. The highest BCUT2D eigenvalue weighted by atomic mass is 16.6. The molecule has 0 heterocycles. The van der Waals surface area contributed by atoms with Crippen LogP contribution in [-0.2, 0) is 28.6 Å². The van der Waals surface area contributed by atoms with Crippen molar-refractivity contribution in [1.29, 1.82) is 0 Å². The van der Waals surface area contributed by atoms with Gasteiger partial charge in [-0.05, 0) is 116 Å². The Kier molecular flexibility index (Phi) is 61.9. The van der Waals surface area contributed by atoms with Crippen LogP contribution in [0.15, 0.2) is 146 Å². The Morgan fingerprint density at radius 2 is 0.506 bits per heavy atom. The number of allylic oxidation sites excluding steroid dienone is 24. The van der Waals surface area contributed by atoms with Gasteiger partial charge in [-0.15, -0.1) is 0 Å². The van der Waals surface area contributed by atoms with E-state index in [9.17, 15) is 14.4 Å². The van der Waals surface area contributed by atoms with Crippen LogP contribution >= 0.6 is 0 Å². The monoisotopic (exact) mass is 1090 g/mol. The van der Waals surface area contributed by atoms with E-state index in [1.54, 1.807) is 0 Å². The third-order valence-electron chi connectivity index (χ3n) is 13.3. The Labute approximate surface area is 487 Å². The van der Waals surface area contributed by atoms with Gasteiger partial charge in [-0.2, -0.15) is 0 Å². The molecule has 0 rings (SSSR count). The molecular weight excluding hydrogens is 973 g/mol. The highest BCUT2D eigenvalue weighted by Gasteiger charge is 2.19. The topological polar surface area (TPSA) is 78.9 Å². The van der Waals surface area contributed by atoms with Crippen molar-refractivity contribution in [2.24, 2.45) is 0 Å². The van der Waals surface area contributed by atoms with E-state index >= 15 is 0 Å². The molecule has 6 heteroatoms. The first-order valence-corrected chi connectivity index (χ1v) is 32.3. The average Bonchev–Trinajstić information content (AvgIpc) is 3.45. The number of hydrogen-bond acceptors (Lipinski definition) is 6. The molecule has 0 spiro atoms. The Bertz CT molecular complexity index is 1730.